The first kappa shape index (κ1) is 18.9. The number of pyridine rings is 1. The summed E-state index contributed by atoms with van der Waals surface area (Å²) < 4.78 is 5.95. The van der Waals surface area contributed by atoms with E-state index in [9.17, 15) is 4.79 Å². The van der Waals surface area contributed by atoms with E-state index >= 15 is 0 Å². The number of hydrogen-bond acceptors (Lipinski definition) is 4. The highest BCUT2D eigenvalue weighted by Crippen LogP contribution is 2.25. The van der Waals surface area contributed by atoms with E-state index in [0.717, 1.165) is 41.1 Å². The Morgan fingerprint density at radius 2 is 1.96 bits per heavy atom. The molecule has 0 aliphatic heterocycles. The van der Waals surface area contributed by atoms with Gasteiger partial charge in [0.15, 0.2) is 0 Å². The molecule has 1 aromatic heterocycles. The minimum Gasteiger partial charge on any atom is -0.487 e. The molecule has 0 fully saturated rings. The molecule has 1 heterocycles. The van der Waals surface area contributed by atoms with Crippen LogP contribution in [0.2, 0.25) is 0 Å². The van der Waals surface area contributed by atoms with E-state index in [-0.39, 0.29) is 5.91 Å². The number of hydrogen-bond donors (Lipinski definition) is 2. The fourth-order valence-corrected chi connectivity index (χ4v) is 2.65. The number of aryl methyl sites for hydroxylation is 2. The number of ether oxygens (including phenoxy) is 1. The minimum atomic E-state index is 0.0330. The summed E-state index contributed by atoms with van der Waals surface area (Å²) >= 11 is 0. The zero-order chi connectivity index (χ0) is 18.1. The van der Waals surface area contributed by atoms with Crippen LogP contribution < -0.4 is 15.4 Å². The van der Waals surface area contributed by atoms with E-state index in [1.165, 1.54) is 0 Å². The normalized spacial score (nSPS) is 10.5. The van der Waals surface area contributed by atoms with Gasteiger partial charge in [-0.2, -0.15) is 0 Å². The van der Waals surface area contributed by atoms with E-state index in [0.29, 0.717) is 19.7 Å². The molecule has 2 rings (SSSR count). The predicted octanol–water partition coefficient (Wildman–Crippen LogP) is 2.89. The number of rotatable bonds is 9. The van der Waals surface area contributed by atoms with Crippen molar-refractivity contribution in [3.05, 3.63) is 58.9 Å². The second kappa shape index (κ2) is 9.79. The van der Waals surface area contributed by atoms with E-state index in [4.69, 9.17) is 4.74 Å². The topological polar surface area (TPSA) is 63.2 Å². The van der Waals surface area contributed by atoms with Gasteiger partial charge in [0, 0.05) is 19.3 Å². The first-order chi connectivity index (χ1) is 12.1. The number of carbonyl (C=O) groups excluding carboxylic acids is 1. The van der Waals surface area contributed by atoms with Crippen LogP contribution in [0.5, 0.6) is 5.75 Å². The van der Waals surface area contributed by atoms with Crippen molar-refractivity contribution in [3.8, 4) is 5.75 Å². The van der Waals surface area contributed by atoms with Crippen LogP contribution >= 0.6 is 0 Å². The molecule has 0 bridgehead atoms. The lowest BCUT2D eigenvalue weighted by Gasteiger charge is -2.14. The van der Waals surface area contributed by atoms with Crippen LogP contribution in [0, 0.1) is 13.8 Å². The third-order valence-corrected chi connectivity index (χ3v) is 3.80. The fraction of sp³-hybridized carbons (Fsp3) is 0.400. The van der Waals surface area contributed by atoms with Crippen LogP contribution in [0.25, 0.3) is 0 Å². The molecule has 1 aromatic carbocycles. The number of amides is 1. The third-order valence-electron chi connectivity index (χ3n) is 3.80. The number of benzene rings is 1. The maximum Gasteiger partial charge on any atom is 0.233 e. The Morgan fingerprint density at radius 1 is 1.20 bits per heavy atom. The van der Waals surface area contributed by atoms with E-state index < -0.39 is 0 Å². The molecule has 0 spiro atoms. The van der Waals surface area contributed by atoms with Crippen molar-refractivity contribution >= 4 is 5.91 Å². The Bertz CT molecular complexity index is 664. The quantitative estimate of drug-likeness (QED) is 0.736. The summed E-state index contributed by atoms with van der Waals surface area (Å²) in [6.07, 6.45) is 2.72. The average molecular weight is 341 g/mol. The highest BCUT2D eigenvalue weighted by atomic mass is 16.5. The number of nitrogens with zero attached hydrogens (tertiary/aromatic N) is 1. The summed E-state index contributed by atoms with van der Waals surface area (Å²) in [4.78, 5) is 15.9. The monoisotopic (exact) mass is 341 g/mol. The van der Waals surface area contributed by atoms with Gasteiger partial charge in [0.25, 0.3) is 0 Å². The SMILES string of the molecule is CCCNC(=O)CNCc1cc(C)c(OCc2ccccn2)c(C)c1. The van der Waals surface area contributed by atoms with Gasteiger partial charge >= 0.3 is 0 Å². The van der Waals surface area contributed by atoms with E-state index in [1.807, 2.05) is 39.0 Å². The zero-order valence-electron chi connectivity index (χ0n) is 15.3. The molecule has 2 N–H and O–H groups in total. The van der Waals surface area contributed by atoms with Gasteiger partial charge in [-0.1, -0.05) is 25.1 Å². The minimum absolute atomic E-state index is 0.0330. The van der Waals surface area contributed by atoms with Gasteiger partial charge in [-0.05, 0) is 49.1 Å². The number of carbonyl (C=O) groups is 1. The van der Waals surface area contributed by atoms with Crippen LogP contribution in [0.15, 0.2) is 36.5 Å². The highest BCUT2D eigenvalue weighted by molar-refractivity contribution is 5.77. The van der Waals surface area contributed by atoms with Gasteiger partial charge in [0.05, 0.1) is 12.2 Å². The van der Waals surface area contributed by atoms with Gasteiger partial charge in [-0.15, -0.1) is 0 Å². The van der Waals surface area contributed by atoms with Crippen molar-refractivity contribution < 1.29 is 9.53 Å². The second-order valence-electron chi connectivity index (χ2n) is 6.12. The van der Waals surface area contributed by atoms with Crippen LogP contribution in [0.1, 0.15) is 35.7 Å². The Morgan fingerprint density at radius 3 is 2.60 bits per heavy atom. The smallest absolute Gasteiger partial charge is 0.233 e. The van der Waals surface area contributed by atoms with Crippen LogP contribution in [0.3, 0.4) is 0 Å². The molecular formula is C20H27N3O2. The molecule has 0 unspecified atom stereocenters. The highest BCUT2D eigenvalue weighted by Gasteiger charge is 2.08. The van der Waals surface area contributed by atoms with Crippen LogP contribution in [0.4, 0.5) is 0 Å². The van der Waals surface area contributed by atoms with Gasteiger partial charge < -0.3 is 15.4 Å². The molecule has 0 radical (unpaired) electrons. The number of nitrogens with one attached hydrogen (secondary N) is 2. The second-order valence-corrected chi connectivity index (χ2v) is 6.12. The Labute approximate surface area is 149 Å². The molecule has 0 atom stereocenters. The molecule has 2 aromatic rings. The van der Waals surface area contributed by atoms with Crippen LogP contribution in [-0.2, 0) is 17.9 Å². The molecule has 0 saturated carbocycles. The lowest BCUT2D eigenvalue weighted by atomic mass is 10.1. The average Bonchev–Trinajstić information content (AvgIpc) is 2.60. The first-order valence-corrected chi connectivity index (χ1v) is 8.70. The van der Waals surface area contributed by atoms with Crippen molar-refractivity contribution in [1.82, 2.24) is 15.6 Å². The summed E-state index contributed by atoms with van der Waals surface area (Å²) in [5.74, 6) is 0.931. The maximum atomic E-state index is 11.6. The van der Waals surface area contributed by atoms with Crippen molar-refractivity contribution in [2.45, 2.75) is 40.3 Å². The summed E-state index contributed by atoms with van der Waals surface area (Å²) in [7, 11) is 0. The molecule has 5 nitrogen and oxygen atoms in total. The van der Waals surface area contributed by atoms with Gasteiger partial charge in [-0.3, -0.25) is 9.78 Å². The van der Waals surface area contributed by atoms with Crippen molar-refractivity contribution in [1.29, 1.82) is 0 Å². The molecule has 0 aliphatic carbocycles. The van der Waals surface area contributed by atoms with Gasteiger partial charge in [0.2, 0.25) is 5.91 Å². The lowest BCUT2D eigenvalue weighted by molar-refractivity contribution is -0.120. The number of aromatic nitrogens is 1. The molecule has 134 valence electrons. The van der Waals surface area contributed by atoms with Crippen molar-refractivity contribution in [3.63, 3.8) is 0 Å². The van der Waals surface area contributed by atoms with Crippen LogP contribution in [-0.4, -0.2) is 24.0 Å². The zero-order valence-corrected chi connectivity index (χ0v) is 15.3. The molecule has 0 saturated heterocycles. The summed E-state index contributed by atoms with van der Waals surface area (Å²) in [5.41, 5.74) is 4.22. The summed E-state index contributed by atoms with van der Waals surface area (Å²) in [6.45, 7) is 8.28. The van der Waals surface area contributed by atoms with Crippen molar-refractivity contribution in [2.24, 2.45) is 0 Å². The van der Waals surface area contributed by atoms with Gasteiger partial charge in [0.1, 0.15) is 12.4 Å². The van der Waals surface area contributed by atoms with E-state index in [2.05, 4.69) is 27.8 Å². The predicted molar refractivity (Wildman–Crippen MR) is 99.5 cm³/mol. The van der Waals surface area contributed by atoms with Gasteiger partial charge in [-0.25, -0.2) is 0 Å². The molecule has 25 heavy (non-hydrogen) atoms. The first-order valence-electron chi connectivity index (χ1n) is 8.70. The molecule has 5 heteroatoms. The maximum absolute atomic E-state index is 11.6. The summed E-state index contributed by atoms with van der Waals surface area (Å²) in [6, 6.07) is 9.99. The Balaban J connectivity index is 1.89. The lowest BCUT2D eigenvalue weighted by Crippen LogP contribution is -2.33. The molecule has 0 aliphatic rings. The third kappa shape index (κ3) is 6.19. The molecule has 1 amide bonds. The Kier molecular flexibility index (Phi) is 7.41. The fourth-order valence-electron chi connectivity index (χ4n) is 2.65. The van der Waals surface area contributed by atoms with Crippen molar-refractivity contribution in [2.75, 3.05) is 13.1 Å². The standard InChI is InChI=1S/C20H27N3O2/c1-4-8-23-19(24)13-21-12-17-10-15(2)20(16(3)11-17)25-14-18-7-5-6-9-22-18/h5-7,9-11,21H,4,8,12-14H2,1-3H3,(H,23,24). The largest absolute Gasteiger partial charge is 0.487 e. The van der Waals surface area contributed by atoms with E-state index in [1.54, 1.807) is 6.20 Å². The summed E-state index contributed by atoms with van der Waals surface area (Å²) in [5, 5.41) is 6.03. The Hall–Kier alpha value is -2.40. The molecular weight excluding hydrogens is 314 g/mol.